The van der Waals surface area contributed by atoms with Crippen LogP contribution in [-0.2, 0) is 19.6 Å². The van der Waals surface area contributed by atoms with Gasteiger partial charge in [0.2, 0.25) is 21.8 Å². The van der Waals surface area contributed by atoms with E-state index in [1.54, 1.807) is 34.6 Å². The van der Waals surface area contributed by atoms with Gasteiger partial charge in [-0.2, -0.15) is 4.31 Å². The number of amides is 2. The molecular weight excluding hydrogens is 438 g/mol. The Morgan fingerprint density at radius 2 is 1.61 bits per heavy atom. The van der Waals surface area contributed by atoms with Crippen molar-refractivity contribution in [3.05, 3.63) is 35.9 Å². The molecule has 2 aliphatic rings. The number of carbonyl (C=O) groups is 2. The lowest BCUT2D eigenvalue weighted by molar-refractivity contribution is -0.133. The zero-order chi connectivity index (χ0) is 23.8. The molecule has 182 valence electrons. The van der Waals surface area contributed by atoms with Crippen LogP contribution in [0.5, 0.6) is 0 Å². The van der Waals surface area contributed by atoms with Gasteiger partial charge >= 0.3 is 0 Å². The minimum Gasteiger partial charge on any atom is -0.350 e. The maximum atomic E-state index is 12.9. The third-order valence-corrected chi connectivity index (χ3v) is 8.20. The highest BCUT2D eigenvalue weighted by Gasteiger charge is 2.25. The molecule has 0 spiro atoms. The molecule has 1 N–H and O–H groups in total. The van der Waals surface area contributed by atoms with Crippen LogP contribution in [-0.4, -0.2) is 61.7 Å². The van der Waals surface area contributed by atoms with Gasteiger partial charge in [0, 0.05) is 44.7 Å². The van der Waals surface area contributed by atoms with Gasteiger partial charge in [0.05, 0.1) is 4.90 Å². The maximum absolute atomic E-state index is 12.9. The zero-order valence-electron chi connectivity index (χ0n) is 19.8. The minimum absolute atomic E-state index is 0.0615. The Balaban J connectivity index is 1.49. The molecule has 33 heavy (non-hydrogen) atoms. The number of carbonyl (C=O) groups excluding carboxylic acids is 2. The van der Waals surface area contributed by atoms with E-state index in [4.69, 9.17) is 0 Å². The van der Waals surface area contributed by atoms with Gasteiger partial charge in [0.1, 0.15) is 0 Å². The molecule has 2 amide bonds. The van der Waals surface area contributed by atoms with Crippen molar-refractivity contribution in [2.75, 3.05) is 26.2 Å². The lowest BCUT2D eigenvalue weighted by Gasteiger charge is -2.32. The predicted molar refractivity (Wildman–Crippen MR) is 130 cm³/mol. The van der Waals surface area contributed by atoms with Gasteiger partial charge in [-0.1, -0.05) is 38.8 Å². The van der Waals surface area contributed by atoms with E-state index in [1.165, 1.54) is 6.08 Å². The second-order valence-electron chi connectivity index (χ2n) is 9.48. The monoisotopic (exact) mass is 475 g/mol. The molecule has 1 aromatic carbocycles. The minimum atomic E-state index is -3.47. The number of piperidine rings is 1. The second kappa shape index (κ2) is 11.8. The van der Waals surface area contributed by atoms with Crippen LogP contribution in [0.3, 0.4) is 0 Å². The van der Waals surface area contributed by atoms with Gasteiger partial charge in [0.15, 0.2) is 0 Å². The molecule has 2 heterocycles. The third kappa shape index (κ3) is 7.40. The third-order valence-electron chi connectivity index (χ3n) is 6.29. The van der Waals surface area contributed by atoms with E-state index < -0.39 is 10.0 Å². The van der Waals surface area contributed by atoms with Crippen LogP contribution in [0.15, 0.2) is 35.2 Å². The summed E-state index contributed by atoms with van der Waals surface area (Å²) in [6.45, 7) is 6.59. The number of hydrogen-bond donors (Lipinski definition) is 1. The number of likely N-dealkylation sites (tertiary alicyclic amines) is 1. The van der Waals surface area contributed by atoms with Gasteiger partial charge in [-0.3, -0.25) is 9.59 Å². The standard InChI is InChI=1S/C25H37N3O4S/c1-20(2)19-25(30)27-17-13-22(14-18-27)26-24(29)12-9-21-7-10-23(11-8-21)33(31,32)28-15-5-3-4-6-16-28/h7-12,20,22H,3-6,13-19H2,1-2H3,(H,26,29)/b12-9+. The molecule has 0 aliphatic carbocycles. The Morgan fingerprint density at radius 1 is 1.00 bits per heavy atom. The van der Waals surface area contributed by atoms with Crippen LogP contribution in [0.25, 0.3) is 6.08 Å². The van der Waals surface area contributed by atoms with E-state index in [-0.39, 0.29) is 17.9 Å². The number of nitrogens with zero attached hydrogens (tertiary/aromatic N) is 2. The molecule has 7 nitrogen and oxygen atoms in total. The SMILES string of the molecule is CC(C)CC(=O)N1CCC(NC(=O)/C=C/c2ccc(S(=O)(=O)N3CCCCCC3)cc2)CC1. The first kappa shape index (κ1) is 25.4. The molecule has 0 saturated carbocycles. The summed E-state index contributed by atoms with van der Waals surface area (Å²) in [5.74, 6) is 0.364. The largest absolute Gasteiger partial charge is 0.350 e. The van der Waals surface area contributed by atoms with Crippen LogP contribution in [0, 0.1) is 5.92 Å². The highest BCUT2D eigenvalue weighted by atomic mass is 32.2. The molecule has 1 aromatic rings. The fourth-order valence-corrected chi connectivity index (χ4v) is 5.87. The van der Waals surface area contributed by atoms with Crippen molar-refractivity contribution >= 4 is 27.9 Å². The average Bonchev–Trinajstić information content (AvgIpc) is 3.08. The molecule has 2 saturated heterocycles. The number of sulfonamides is 1. The highest BCUT2D eigenvalue weighted by molar-refractivity contribution is 7.89. The lowest BCUT2D eigenvalue weighted by atomic mass is 10.0. The van der Waals surface area contributed by atoms with Crippen molar-refractivity contribution < 1.29 is 18.0 Å². The Morgan fingerprint density at radius 3 is 2.18 bits per heavy atom. The Hall–Kier alpha value is -2.19. The Bertz CT molecular complexity index is 925. The quantitative estimate of drug-likeness (QED) is 0.612. The van der Waals surface area contributed by atoms with E-state index in [0.29, 0.717) is 43.4 Å². The number of nitrogens with one attached hydrogen (secondary N) is 1. The summed E-state index contributed by atoms with van der Waals surface area (Å²) in [6, 6.07) is 6.75. The zero-order valence-corrected chi connectivity index (χ0v) is 20.6. The first-order valence-corrected chi connectivity index (χ1v) is 13.6. The fraction of sp³-hybridized carbons (Fsp3) is 0.600. The average molecular weight is 476 g/mol. The summed E-state index contributed by atoms with van der Waals surface area (Å²) in [7, 11) is -3.47. The first-order valence-electron chi connectivity index (χ1n) is 12.1. The molecule has 2 fully saturated rings. The van der Waals surface area contributed by atoms with E-state index in [1.807, 2.05) is 18.7 Å². The maximum Gasteiger partial charge on any atom is 0.244 e. The first-order chi connectivity index (χ1) is 15.8. The van der Waals surface area contributed by atoms with E-state index in [0.717, 1.165) is 44.1 Å². The van der Waals surface area contributed by atoms with E-state index in [9.17, 15) is 18.0 Å². The van der Waals surface area contributed by atoms with Gasteiger partial charge < -0.3 is 10.2 Å². The normalized spacial score (nSPS) is 19.1. The number of rotatable bonds is 7. The Labute approximate surface area is 198 Å². The number of benzene rings is 1. The van der Waals surface area contributed by atoms with Crippen molar-refractivity contribution in [3.8, 4) is 0 Å². The summed E-state index contributed by atoms with van der Waals surface area (Å²) in [5, 5.41) is 3.01. The van der Waals surface area contributed by atoms with Gasteiger partial charge in [-0.05, 0) is 55.4 Å². The molecule has 2 aliphatic heterocycles. The van der Waals surface area contributed by atoms with Gasteiger partial charge in [0.25, 0.3) is 0 Å². The van der Waals surface area contributed by atoms with Crippen LogP contribution < -0.4 is 5.32 Å². The topological polar surface area (TPSA) is 86.8 Å². The van der Waals surface area contributed by atoms with Crippen LogP contribution in [0.1, 0.15) is 64.4 Å². The number of hydrogen-bond acceptors (Lipinski definition) is 4. The molecule has 8 heteroatoms. The fourth-order valence-electron chi connectivity index (χ4n) is 4.35. The lowest BCUT2D eigenvalue weighted by Crippen LogP contribution is -2.46. The van der Waals surface area contributed by atoms with Crippen molar-refractivity contribution in [2.45, 2.75) is 69.7 Å². The molecule has 0 radical (unpaired) electrons. The van der Waals surface area contributed by atoms with Crippen molar-refractivity contribution in [1.82, 2.24) is 14.5 Å². The van der Waals surface area contributed by atoms with Crippen molar-refractivity contribution in [3.63, 3.8) is 0 Å². The van der Waals surface area contributed by atoms with Crippen LogP contribution in [0.4, 0.5) is 0 Å². The van der Waals surface area contributed by atoms with E-state index in [2.05, 4.69) is 5.32 Å². The second-order valence-corrected chi connectivity index (χ2v) is 11.4. The summed E-state index contributed by atoms with van der Waals surface area (Å²) in [6.07, 6.45) is 9.22. The van der Waals surface area contributed by atoms with E-state index >= 15 is 0 Å². The smallest absolute Gasteiger partial charge is 0.244 e. The summed E-state index contributed by atoms with van der Waals surface area (Å²) >= 11 is 0. The van der Waals surface area contributed by atoms with Gasteiger partial charge in [-0.25, -0.2) is 8.42 Å². The molecule has 0 unspecified atom stereocenters. The van der Waals surface area contributed by atoms with Crippen molar-refractivity contribution in [1.29, 1.82) is 0 Å². The van der Waals surface area contributed by atoms with Crippen LogP contribution in [0.2, 0.25) is 0 Å². The summed E-state index contributed by atoms with van der Waals surface area (Å²) in [5.41, 5.74) is 0.772. The van der Waals surface area contributed by atoms with Crippen molar-refractivity contribution in [2.24, 2.45) is 5.92 Å². The van der Waals surface area contributed by atoms with Crippen LogP contribution >= 0.6 is 0 Å². The Kier molecular flexibility index (Phi) is 9.09. The predicted octanol–water partition coefficient (Wildman–Crippen LogP) is 3.42. The highest BCUT2D eigenvalue weighted by Crippen LogP contribution is 2.21. The molecule has 0 atom stereocenters. The summed E-state index contributed by atoms with van der Waals surface area (Å²) < 4.78 is 27.3. The molecule has 3 rings (SSSR count). The molecular formula is C25H37N3O4S. The molecule has 0 bridgehead atoms. The summed E-state index contributed by atoms with van der Waals surface area (Å²) in [4.78, 5) is 26.7. The van der Waals surface area contributed by atoms with Gasteiger partial charge in [-0.15, -0.1) is 0 Å². The molecule has 0 aromatic heterocycles.